The molecule has 4 heterocycles. The lowest BCUT2D eigenvalue weighted by atomic mass is 9.85. The average molecular weight is 290 g/mol. The highest BCUT2D eigenvalue weighted by Crippen LogP contribution is 2.40. The molecule has 3 N–H and O–H groups in total. The summed E-state index contributed by atoms with van der Waals surface area (Å²) in [6, 6.07) is 0.254. The van der Waals surface area contributed by atoms with E-state index in [-0.39, 0.29) is 17.6 Å². The molecule has 6 nitrogen and oxygen atoms in total. The molecule has 0 saturated carbocycles. The fourth-order valence-corrected chi connectivity index (χ4v) is 4.14. The van der Waals surface area contributed by atoms with E-state index >= 15 is 0 Å². The molecule has 0 aliphatic carbocycles. The summed E-state index contributed by atoms with van der Waals surface area (Å²) in [5.41, 5.74) is 10.4. The summed E-state index contributed by atoms with van der Waals surface area (Å²) in [6.45, 7) is 3.97. The van der Waals surface area contributed by atoms with Crippen LogP contribution in [0.15, 0.2) is 23.5 Å². The summed E-state index contributed by atoms with van der Waals surface area (Å²) in [5, 5.41) is 0. The molecule has 0 aromatic heterocycles. The Balaban J connectivity index is 1.72. The number of nitrogens with zero attached hydrogens (tertiary/aromatic N) is 2. The maximum atomic E-state index is 11.5. The zero-order valence-corrected chi connectivity index (χ0v) is 12.2. The molecule has 6 heteroatoms. The second-order valence-electron chi connectivity index (χ2n) is 6.49. The normalized spacial score (nSPS) is 38.6. The first-order valence-electron chi connectivity index (χ1n) is 7.79. The first kappa shape index (κ1) is 13.3. The average Bonchev–Trinajstić information content (AvgIpc) is 2.90. The van der Waals surface area contributed by atoms with Gasteiger partial charge in [0.25, 0.3) is 0 Å². The number of hydrogen-bond donors (Lipinski definition) is 2. The van der Waals surface area contributed by atoms with Crippen LogP contribution in [-0.2, 0) is 9.63 Å². The van der Waals surface area contributed by atoms with Gasteiger partial charge in [0.1, 0.15) is 5.60 Å². The molecule has 114 valence electrons. The van der Waals surface area contributed by atoms with Crippen molar-refractivity contribution in [2.24, 2.45) is 5.73 Å². The highest BCUT2D eigenvalue weighted by molar-refractivity contribution is 5.92. The number of carbonyl (C=O) groups excluding carboxylic acids is 1. The van der Waals surface area contributed by atoms with Crippen molar-refractivity contribution in [3.8, 4) is 0 Å². The Morgan fingerprint density at radius 2 is 2.38 bits per heavy atom. The van der Waals surface area contributed by atoms with E-state index in [2.05, 4.69) is 21.4 Å². The van der Waals surface area contributed by atoms with Crippen molar-refractivity contribution >= 4 is 5.91 Å². The first-order valence-corrected chi connectivity index (χ1v) is 7.79. The number of fused-ring (bicyclic) bond motifs is 5. The van der Waals surface area contributed by atoms with Gasteiger partial charge in [-0.2, -0.15) is 0 Å². The van der Waals surface area contributed by atoms with Crippen molar-refractivity contribution in [2.75, 3.05) is 26.2 Å². The van der Waals surface area contributed by atoms with Gasteiger partial charge in [0.15, 0.2) is 0 Å². The van der Waals surface area contributed by atoms with Gasteiger partial charge in [-0.15, -0.1) is 0 Å². The number of carbonyl (C=O) groups is 1. The topological polar surface area (TPSA) is 70.8 Å². The monoisotopic (exact) mass is 290 g/mol. The Bertz CT molecular complexity index is 522. The van der Waals surface area contributed by atoms with Crippen LogP contribution in [0, 0.1) is 0 Å². The minimum absolute atomic E-state index is 0.148. The SMILES string of the molecule is NC(=O)C1=CN2C(=CC1)CN1CCCC3(CCNO3)C2C1. The molecular weight excluding hydrogens is 268 g/mol. The summed E-state index contributed by atoms with van der Waals surface area (Å²) in [7, 11) is 0. The van der Waals surface area contributed by atoms with E-state index in [1.807, 2.05) is 6.20 Å². The molecule has 1 spiro atoms. The number of piperazine rings is 1. The van der Waals surface area contributed by atoms with Crippen LogP contribution in [0.25, 0.3) is 0 Å². The molecular formula is C15H22N4O2. The number of hydrogen-bond acceptors (Lipinski definition) is 5. The fourth-order valence-electron chi connectivity index (χ4n) is 4.14. The van der Waals surface area contributed by atoms with Crippen molar-refractivity contribution in [3.63, 3.8) is 0 Å². The summed E-state index contributed by atoms with van der Waals surface area (Å²) in [4.78, 5) is 22.3. The maximum absolute atomic E-state index is 11.5. The quantitative estimate of drug-likeness (QED) is 0.716. The number of nitrogens with one attached hydrogen (secondary N) is 1. The van der Waals surface area contributed by atoms with E-state index in [9.17, 15) is 4.79 Å². The van der Waals surface area contributed by atoms with Crippen molar-refractivity contribution < 1.29 is 9.63 Å². The number of primary amides is 1. The molecule has 1 amide bonds. The molecule has 4 aliphatic rings. The molecule has 2 bridgehead atoms. The van der Waals surface area contributed by atoms with Crippen molar-refractivity contribution in [2.45, 2.75) is 37.3 Å². The minimum Gasteiger partial charge on any atom is -0.366 e. The van der Waals surface area contributed by atoms with Crippen LogP contribution in [0.2, 0.25) is 0 Å². The summed E-state index contributed by atoms with van der Waals surface area (Å²) < 4.78 is 0. The maximum Gasteiger partial charge on any atom is 0.246 e. The zero-order chi connectivity index (χ0) is 14.4. The lowest BCUT2D eigenvalue weighted by Gasteiger charge is -2.48. The molecule has 0 radical (unpaired) electrons. The predicted octanol–water partition coefficient (Wildman–Crippen LogP) is 0.0869. The fraction of sp³-hybridized carbons (Fsp3) is 0.667. The van der Waals surface area contributed by atoms with Crippen LogP contribution < -0.4 is 11.2 Å². The molecule has 3 fully saturated rings. The second kappa shape index (κ2) is 4.83. The van der Waals surface area contributed by atoms with Gasteiger partial charge in [-0.1, -0.05) is 6.08 Å². The predicted molar refractivity (Wildman–Crippen MR) is 77.7 cm³/mol. The number of rotatable bonds is 1. The standard InChI is InChI=1S/C15H22N4O2/c16-14(20)11-2-3-12-9-18-7-1-4-15(5-6-17-21-15)13(10-18)19(12)8-11/h3,8,13,17H,1-2,4-7,9-10H2,(H2,16,20). The van der Waals surface area contributed by atoms with E-state index in [1.165, 1.54) is 5.70 Å². The lowest BCUT2D eigenvalue weighted by Crippen LogP contribution is -2.59. The van der Waals surface area contributed by atoms with E-state index < -0.39 is 0 Å². The van der Waals surface area contributed by atoms with Crippen LogP contribution >= 0.6 is 0 Å². The van der Waals surface area contributed by atoms with Gasteiger partial charge in [-0.05, 0) is 32.2 Å². The Kier molecular flexibility index (Phi) is 3.06. The smallest absolute Gasteiger partial charge is 0.246 e. The molecule has 21 heavy (non-hydrogen) atoms. The van der Waals surface area contributed by atoms with Gasteiger partial charge in [0.2, 0.25) is 5.91 Å². The summed E-state index contributed by atoms with van der Waals surface area (Å²) >= 11 is 0. The van der Waals surface area contributed by atoms with Gasteiger partial charge in [-0.3, -0.25) is 14.5 Å². The third-order valence-corrected chi connectivity index (χ3v) is 5.26. The highest BCUT2D eigenvalue weighted by Gasteiger charge is 2.50. The zero-order valence-electron chi connectivity index (χ0n) is 12.2. The van der Waals surface area contributed by atoms with Crippen LogP contribution in [0.5, 0.6) is 0 Å². The van der Waals surface area contributed by atoms with Crippen molar-refractivity contribution in [3.05, 3.63) is 23.5 Å². The van der Waals surface area contributed by atoms with Crippen LogP contribution in [0.4, 0.5) is 0 Å². The Morgan fingerprint density at radius 1 is 1.48 bits per heavy atom. The largest absolute Gasteiger partial charge is 0.366 e. The van der Waals surface area contributed by atoms with Gasteiger partial charge >= 0.3 is 0 Å². The number of nitrogens with two attached hydrogens (primary N) is 1. The molecule has 3 unspecified atom stereocenters. The Labute approximate surface area is 124 Å². The van der Waals surface area contributed by atoms with E-state index in [0.29, 0.717) is 12.0 Å². The van der Waals surface area contributed by atoms with Crippen molar-refractivity contribution in [1.29, 1.82) is 0 Å². The number of allylic oxidation sites excluding steroid dienone is 1. The van der Waals surface area contributed by atoms with Gasteiger partial charge in [-0.25, -0.2) is 5.48 Å². The van der Waals surface area contributed by atoms with E-state index in [0.717, 1.165) is 45.4 Å². The van der Waals surface area contributed by atoms with Crippen LogP contribution in [0.1, 0.15) is 25.7 Å². The Morgan fingerprint density at radius 3 is 3.14 bits per heavy atom. The van der Waals surface area contributed by atoms with Gasteiger partial charge in [0.05, 0.1) is 6.04 Å². The summed E-state index contributed by atoms with van der Waals surface area (Å²) in [6.07, 6.45) is 8.01. The Hall–Kier alpha value is -1.37. The number of hydroxylamine groups is 1. The first-order chi connectivity index (χ1) is 10.2. The van der Waals surface area contributed by atoms with Crippen LogP contribution in [-0.4, -0.2) is 53.5 Å². The third-order valence-electron chi connectivity index (χ3n) is 5.26. The molecule has 3 saturated heterocycles. The van der Waals surface area contributed by atoms with Crippen LogP contribution in [0.3, 0.4) is 0 Å². The molecule has 0 aromatic carbocycles. The third kappa shape index (κ3) is 2.09. The summed E-state index contributed by atoms with van der Waals surface area (Å²) in [5.74, 6) is -0.319. The minimum atomic E-state index is -0.319. The van der Waals surface area contributed by atoms with E-state index in [1.54, 1.807) is 0 Å². The molecule has 4 aliphatic heterocycles. The molecule has 0 aromatic rings. The lowest BCUT2D eigenvalue weighted by molar-refractivity contribution is -0.115. The van der Waals surface area contributed by atoms with Gasteiger partial charge in [0, 0.05) is 37.1 Å². The van der Waals surface area contributed by atoms with Gasteiger partial charge < -0.3 is 10.6 Å². The second-order valence-corrected chi connectivity index (χ2v) is 6.49. The molecule has 4 rings (SSSR count). The van der Waals surface area contributed by atoms with E-state index in [4.69, 9.17) is 10.6 Å². The number of amides is 1. The highest BCUT2D eigenvalue weighted by atomic mass is 16.7. The van der Waals surface area contributed by atoms with Crippen molar-refractivity contribution in [1.82, 2.24) is 15.3 Å². The molecule has 3 atom stereocenters.